The Hall–Kier alpha value is -1.35. The highest BCUT2D eigenvalue weighted by Gasteiger charge is 2.39. The molecular weight excluding hydrogens is 229 g/mol. The molecular formula is C13H18BNO3. The van der Waals surface area contributed by atoms with E-state index < -0.39 is 18.3 Å². The summed E-state index contributed by atoms with van der Waals surface area (Å²) in [7, 11) is -1.18. The predicted molar refractivity (Wildman–Crippen MR) is 70.2 cm³/mol. The molecule has 0 radical (unpaired) electrons. The van der Waals surface area contributed by atoms with E-state index in [9.17, 15) is 10.1 Å². The second-order valence-corrected chi connectivity index (χ2v) is 5.28. The van der Waals surface area contributed by atoms with Crippen molar-refractivity contribution in [2.75, 3.05) is 0 Å². The lowest BCUT2D eigenvalue weighted by atomic mass is 9.76. The van der Waals surface area contributed by atoms with Gasteiger partial charge in [-0.2, -0.15) is 5.26 Å². The van der Waals surface area contributed by atoms with Gasteiger partial charge in [-0.25, -0.2) is 0 Å². The largest absolute Gasteiger partial charge is 0.491 e. The van der Waals surface area contributed by atoms with E-state index in [2.05, 4.69) is 0 Å². The van der Waals surface area contributed by atoms with Crippen LogP contribution in [0.15, 0.2) is 24.3 Å². The third-order valence-electron chi connectivity index (χ3n) is 3.18. The molecule has 96 valence electrons. The Morgan fingerprint density at radius 2 is 1.89 bits per heavy atom. The molecule has 0 aliphatic heterocycles. The summed E-state index contributed by atoms with van der Waals surface area (Å²) >= 11 is 0. The molecule has 0 aliphatic carbocycles. The van der Waals surface area contributed by atoms with Gasteiger partial charge in [0.25, 0.3) is 0 Å². The fourth-order valence-corrected chi connectivity index (χ4v) is 1.25. The highest BCUT2D eigenvalue weighted by molar-refractivity contribution is 6.60. The standard InChI is InChI=1S/C13H18BNO3/c1-12(2,16)13(3,4)18-14(17)11-7-5-6-10(8-11)9-15/h5-8,16-17H,1-4H3. The van der Waals surface area contributed by atoms with E-state index in [1.807, 2.05) is 6.07 Å². The second-order valence-electron chi connectivity index (χ2n) is 5.28. The van der Waals surface area contributed by atoms with Crippen LogP contribution in [-0.2, 0) is 4.65 Å². The van der Waals surface area contributed by atoms with Crippen LogP contribution in [0.1, 0.15) is 33.3 Å². The van der Waals surface area contributed by atoms with Crippen molar-refractivity contribution in [2.45, 2.75) is 38.9 Å². The fraction of sp³-hybridized carbons (Fsp3) is 0.462. The first kappa shape index (κ1) is 14.7. The number of hydrogen-bond donors (Lipinski definition) is 2. The van der Waals surface area contributed by atoms with Crippen molar-refractivity contribution >= 4 is 12.6 Å². The zero-order chi connectivity index (χ0) is 14.0. The second kappa shape index (κ2) is 5.11. The quantitative estimate of drug-likeness (QED) is 0.772. The zero-order valence-corrected chi connectivity index (χ0v) is 11.1. The van der Waals surface area contributed by atoms with Crippen LogP contribution < -0.4 is 5.46 Å². The number of aliphatic hydroxyl groups is 1. The highest BCUT2D eigenvalue weighted by atomic mass is 16.5. The lowest BCUT2D eigenvalue weighted by molar-refractivity contribution is -0.0982. The molecule has 0 unspecified atom stereocenters. The first-order valence-corrected chi connectivity index (χ1v) is 5.76. The molecule has 0 atom stereocenters. The van der Waals surface area contributed by atoms with E-state index in [1.165, 1.54) is 0 Å². The summed E-state index contributed by atoms with van der Waals surface area (Å²) in [5.41, 5.74) is -1.07. The summed E-state index contributed by atoms with van der Waals surface area (Å²) in [5.74, 6) is 0. The fourth-order valence-electron chi connectivity index (χ4n) is 1.25. The minimum absolute atomic E-state index is 0.455. The average molecular weight is 247 g/mol. The molecule has 0 saturated heterocycles. The van der Waals surface area contributed by atoms with Crippen LogP contribution in [0, 0.1) is 11.3 Å². The van der Waals surface area contributed by atoms with E-state index in [-0.39, 0.29) is 0 Å². The molecule has 0 heterocycles. The van der Waals surface area contributed by atoms with Gasteiger partial charge in [0.05, 0.1) is 22.8 Å². The third kappa shape index (κ3) is 3.33. The number of hydrogen-bond acceptors (Lipinski definition) is 4. The van der Waals surface area contributed by atoms with E-state index in [4.69, 9.17) is 9.92 Å². The van der Waals surface area contributed by atoms with Crippen molar-refractivity contribution in [3.63, 3.8) is 0 Å². The van der Waals surface area contributed by atoms with Crippen LogP contribution in [0.4, 0.5) is 0 Å². The molecule has 0 bridgehead atoms. The summed E-state index contributed by atoms with van der Waals surface area (Å²) in [6.45, 7) is 6.63. The summed E-state index contributed by atoms with van der Waals surface area (Å²) in [6.07, 6.45) is 0. The molecule has 4 nitrogen and oxygen atoms in total. The average Bonchev–Trinajstić information content (AvgIpc) is 2.27. The molecule has 1 aromatic carbocycles. The van der Waals surface area contributed by atoms with Crippen LogP contribution in [0.25, 0.3) is 0 Å². The van der Waals surface area contributed by atoms with Crippen molar-refractivity contribution < 1.29 is 14.8 Å². The van der Waals surface area contributed by atoms with Crippen LogP contribution in [0.2, 0.25) is 0 Å². The molecule has 0 aromatic heterocycles. The van der Waals surface area contributed by atoms with E-state index in [1.54, 1.807) is 52.0 Å². The van der Waals surface area contributed by atoms with Crippen LogP contribution in [0.5, 0.6) is 0 Å². The zero-order valence-electron chi connectivity index (χ0n) is 11.1. The van der Waals surface area contributed by atoms with E-state index in [0.29, 0.717) is 11.0 Å². The van der Waals surface area contributed by atoms with Crippen molar-refractivity contribution in [3.05, 3.63) is 29.8 Å². The Bertz CT molecular complexity index is 460. The molecule has 1 aromatic rings. The SMILES string of the molecule is CC(C)(O)C(C)(C)OB(O)c1cccc(C#N)c1. The molecule has 0 spiro atoms. The normalized spacial score (nSPS) is 12.1. The van der Waals surface area contributed by atoms with Gasteiger partial charge < -0.3 is 14.8 Å². The molecule has 0 fully saturated rings. The smallest absolute Gasteiger partial charge is 0.423 e. The molecule has 2 N–H and O–H groups in total. The Labute approximate surface area is 108 Å². The van der Waals surface area contributed by atoms with Gasteiger partial charge in [0.2, 0.25) is 0 Å². The number of nitriles is 1. The summed E-state index contributed by atoms with van der Waals surface area (Å²) in [4.78, 5) is 0. The molecule has 1 rings (SSSR count). The number of benzene rings is 1. The van der Waals surface area contributed by atoms with Gasteiger partial charge in [-0.05, 0) is 45.3 Å². The lowest BCUT2D eigenvalue weighted by Gasteiger charge is -2.38. The van der Waals surface area contributed by atoms with Crippen molar-refractivity contribution in [2.24, 2.45) is 0 Å². The lowest BCUT2D eigenvalue weighted by Crippen LogP contribution is -2.53. The highest BCUT2D eigenvalue weighted by Crippen LogP contribution is 2.25. The predicted octanol–water partition coefficient (Wildman–Crippen LogP) is 0.812. The van der Waals surface area contributed by atoms with E-state index >= 15 is 0 Å². The van der Waals surface area contributed by atoms with Gasteiger partial charge in [0, 0.05) is 0 Å². The van der Waals surface area contributed by atoms with Gasteiger partial charge in [-0.1, -0.05) is 12.1 Å². The number of rotatable bonds is 4. The van der Waals surface area contributed by atoms with Gasteiger partial charge in [0.1, 0.15) is 0 Å². The minimum atomic E-state index is -1.18. The Morgan fingerprint density at radius 1 is 1.28 bits per heavy atom. The molecule has 0 saturated carbocycles. The molecule has 5 heteroatoms. The first-order valence-electron chi connectivity index (χ1n) is 5.76. The van der Waals surface area contributed by atoms with Crippen molar-refractivity contribution in [1.82, 2.24) is 0 Å². The summed E-state index contributed by atoms with van der Waals surface area (Å²) in [6, 6.07) is 8.56. The Morgan fingerprint density at radius 3 is 2.39 bits per heavy atom. The summed E-state index contributed by atoms with van der Waals surface area (Å²) < 4.78 is 5.48. The van der Waals surface area contributed by atoms with Crippen molar-refractivity contribution in [1.29, 1.82) is 5.26 Å². The Kier molecular flexibility index (Phi) is 4.18. The van der Waals surface area contributed by atoms with Crippen LogP contribution in [0.3, 0.4) is 0 Å². The molecule has 0 amide bonds. The summed E-state index contributed by atoms with van der Waals surface area (Å²) in [5, 5.41) is 28.7. The maximum absolute atomic E-state index is 10.00. The number of nitrogens with zero attached hydrogens (tertiary/aromatic N) is 1. The van der Waals surface area contributed by atoms with Gasteiger partial charge in [-0.3, -0.25) is 0 Å². The monoisotopic (exact) mass is 247 g/mol. The van der Waals surface area contributed by atoms with Gasteiger partial charge in [0.15, 0.2) is 0 Å². The molecule has 18 heavy (non-hydrogen) atoms. The van der Waals surface area contributed by atoms with Crippen LogP contribution >= 0.6 is 0 Å². The van der Waals surface area contributed by atoms with Crippen molar-refractivity contribution in [3.8, 4) is 6.07 Å². The van der Waals surface area contributed by atoms with E-state index in [0.717, 1.165) is 0 Å². The third-order valence-corrected chi connectivity index (χ3v) is 3.18. The topological polar surface area (TPSA) is 73.5 Å². The molecule has 0 aliphatic rings. The minimum Gasteiger partial charge on any atom is -0.423 e. The van der Waals surface area contributed by atoms with Crippen LogP contribution in [-0.4, -0.2) is 28.5 Å². The maximum Gasteiger partial charge on any atom is 0.491 e. The van der Waals surface area contributed by atoms with Gasteiger partial charge >= 0.3 is 7.12 Å². The Balaban J connectivity index is 2.89. The first-order chi connectivity index (χ1) is 8.17. The maximum atomic E-state index is 10.00. The van der Waals surface area contributed by atoms with Gasteiger partial charge in [-0.15, -0.1) is 0 Å².